The number of aromatic nitrogens is 1. The number of rotatable bonds is 8. The third-order valence-electron chi connectivity index (χ3n) is 11.6. The molecular formula is C42H41N7O6. The maximum absolute atomic E-state index is 14.1. The van der Waals surface area contributed by atoms with Crippen molar-refractivity contribution in [1.29, 1.82) is 0 Å². The van der Waals surface area contributed by atoms with Gasteiger partial charge in [-0.2, -0.15) is 0 Å². The number of aryl methyl sites for hydroxylation is 1. The molecule has 1 unspecified atom stereocenters. The second-order valence-corrected chi connectivity index (χ2v) is 15.1. The number of hydrogen-bond acceptors (Lipinski definition) is 8. The zero-order valence-corrected chi connectivity index (χ0v) is 31.0. The number of imide groups is 2. The summed E-state index contributed by atoms with van der Waals surface area (Å²) >= 11 is 0. The number of piperidine rings is 1. The molecule has 0 spiro atoms. The van der Waals surface area contributed by atoms with Gasteiger partial charge in [0.05, 0.1) is 23.3 Å². The minimum Gasteiger partial charge on any atom is -0.384 e. The SMILES string of the molecule is [C-]#[N+]c1ccc2c3c([nH]c2c1)C(C)(C)c1cc(N2CCN(C(=O)CCCNc4cccc5c4C(=O)N(C4CCC(=O)NC4=O)C5=O)CC2)c(CC)cc1C3=O. The van der Waals surface area contributed by atoms with E-state index in [-0.39, 0.29) is 35.7 Å². The number of nitrogens with one attached hydrogen (secondary N) is 3. The van der Waals surface area contributed by atoms with Gasteiger partial charge in [-0.1, -0.05) is 39.0 Å². The Morgan fingerprint density at radius 3 is 2.47 bits per heavy atom. The Kier molecular flexibility index (Phi) is 8.79. The number of anilines is 2. The molecule has 1 atom stereocenters. The van der Waals surface area contributed by atoms with E-state index in [1.807, 2.05) is 17.0 Å². The molecular weight excluding hydrogens is 699 g/mol. The van der Waals surface area contributed by atoms with Gasteiger partial charge in [0.1, 0.15) is 6.04 Å². The first-order chi connectivity index (χ1) is 26.4. The molecule has 1 aliphatic carbocycles. The topological polar surface area (TPSA) is 156 Å². The van der Waals surface area contributed by atoms with Gasteiger partial charge in [0, 0.05) is 84.5 Å². The highest BCUT2D eigenvalue weighted by Gasteiger charge is 2.46. The van der Waals surface area contributed by atoms with Crippen molar-refractivity contribution in [3.63, 3.8) is 0 Å². The fraction of sp³-hybridized carbons (Fsp3) is 0.357. The Hall–Kier alpha value is -6.29. The Labute approximate surface area is 317 Å². The molecule has 4 heterocycles. The maximum atomic E-state index is 14.1. The van der Waals surface area contributed by atoms with E-state index in [4.69, 9.17) is 6.57 Å². The van der Waals surface area contributed by atoms with Crippen LogP contribution in [0.5, 0.6) is 0 Å². The first kappa shape index (κ1) is 35.7. The second-order valence-electron chi connectivity index (χ2n) is 15.1. The number of nitrogens with zero attached hydrogens (tertiary/aromatic N) is 4. The van der Waals surface area contributed by atoms with Crippen LogP contribution in [0.3, 0.4) is 0 Å². The first-order valence-electron chi connectivity index (χ1n) is 18.8. The number of H-pyrrole nitrogens is 1. The van der Waals surface area contributed by atoms with Crippen LogP contribution < -0.4 is 15.5 Å². The van der Waals surface area contributed by atoms with Crippen molar-refractivity contribution in [2.75, 3.05) is 42.9 Å². The number of fused-ring (bicyclic) bond motifs is 5. The summed E-state index contributed by atoms with van der Waals surface area (Å²) in [5, 5.41) is 6.26. The van der Waals surface area contributed by atoms with Crippen LogP contribution in [-0.4, -0.2) is 88.9 Å². The van der Waals surface area contributed by atoms with Crippen LogP contribution in [0, 0.1) is 6.57 Å². The molecule has 0 radical (unpaired) electrons. The minimum absolute atomic E-state index is 0.0109. The lowest BCUT2D eigenvalue weighted by molar-refractivity contribution is -0.136. The van der Waals surface area contributed by atoms with Gasteiger partial charge in [-0.05, 0) is 60.7 Å². The molecule has 13 heteroatoms. The van der Waals surface area contributed by atoms with Crippen molar-refractivity contribution in [1.82, 2.24) is 20.1 Å². The molecule has 280 valence electrons. The molecule has 0 saturated carbocycles. The lowest BCUT2D eigenvalue weighted by Gasteiger charge is -2.39. The molecule has 8 rings (SSSR count). The number of amides is 5. The predicted molar refractivity (Wildman–Crippen MR) is 206 cm³/mol. The predicted octanol–water partition coefficient (Wildman–Crippen LogP) is 5.09. The van der Waals surface area contributed by atoms with E-state index >= 15 is 0 Å². The van der Waals surface area contributed by atoms with Crippen LogP contribution in [0.1, 0.15) is 99.9 Å². The van der Waals surface area contributed by atoms with Crippen molar-refractivity contribution in [2.24, 2.45) is 0 Å². The monoisotopic (exact) mass is 739 g/mol. The van der Waals surface area contributed by atoms with Crippen LogP contribution in [0.15, 0.2) is 48.5 Å². The molecule has 55 heavy (non-hydrogen) atoms. The Bertz CT molecular complexity index is 2400. The van der Waals surface area contributed by atoms with Gasteiger partial charge < -0.3 is 20.1 Å². The quantitative estimate of drug-likeness (QED) is 0.128. The van der Waals surface area contributed by atoms with E-state index < -0.39 is 35.1 Å². The summed E-state index contributed by atoms with van der Waals surface area (Å²) in [6, 6.07) is 13.5. The molecule has 4 aliphatic rings. The highest BCUT2D eigenvalue weighted by Crippen LogP contribution is 2.46. The molecule has 3 N–H and O–H groups in total. The molecule has 1 aromatic heterocycles. The van der Waals surface area contributed by atoms with Crippen molar-refractivity contribution < 1.29 is 28.8 Å². The molecule has 0 bridgehead atoms. The summed E-state index contributed by atoms with van der Waals surface area (Å²) in [6.07, 6.45) is 1.69. The molecule has 13 nitrogen and oxygen atoms in total. The number of benzene rings is 3. The first-order valence-corrected chi connectivity index (χ1v) is 18.8. The average molecular weight is 740 g/mol. The normalized spacial score (nSPS) is 18.9. The molecule has 2 fully saturated rings. The average Bonchev–Trinajstić information content (AvgIpc) is 3.70. The van der Waals surface area contributed by atoms with Crippen molar-refractivity contribution >= 4 is 63.3 Å². The van der Waals surface area contributed by atoms with Crippen molar-refractivity contribution in [2.45, 2.75) is 64.3 Å². The lowest BCUT2D eigenvalue weighted by atomic mass is 9.70. The van der Waals surface area contributed by atoms with Crippen molar-refractivity contribution in [3.8, 4) is 0 Å². The molecule has 5 amide bonds. The van der Waals surface area contributed by atoms with Crippen molar-refractivity contribution in [3.05, 3.63) is 99.0 Å². The number of carbonyl (C=O) groups is 6. The Morgan fingerprint density at radius 1 is 0.964 bits per heavy atom. The van der Waals surface area contributed by atoms with Crippen LogP contribution >= 0.6 is 0 Å². The summed E-state index contributed by atoms with van der Waals surface area (Å²) in [7, 11) is 0. The Morgan fingerprint density at radius 2 is 1.75 bits per heavy atom. The number of piperazine rings is 1. The minimum atomic E-state index is -1.04. The van der Waals surface area contributed by atoms with E-state index in [1.54, 1.807) is 30.3 Å². The highest BCUT2D eigenvalue weighted by molar-refractivity contribution is 6.25. The third kappa shape index (κ3) is 5.83. The van der Waals surface area contributed by atoms with E-state index in [0.29, 0.717) is 68.1 Å². The highest BCUT2D eigenvalue weighted by atomic mass is 16.2. The molecule has 3 aromatic carbocycles. The van der Waals surface area contributed by atoms with Gasteiger partial charge in [0.15, 0.2) is 11.5 Å². The van der Waals surface area contributed by atoms with Crippen LogP contribution in [0.4, 0.5) is 17.1 Å². The van der Waals surface area contributed by atoms with E-state index in [9.17, 15) is 28.8 Å². The fourth-order valence-electron chi connectivity index (χ4n) is 8.62. The van der Waals surface area contributed by atoms with Crippen LogP contribution in [0.25, 0.3) is 15.7 Å². The second kappa shape index (κ2) is 13.5. The molecule has 3 aliphatic heterocycles. The van der Waals surface area contributed by atoms with Gasteiger partial charge in [-0.3, -0.25) is 39.0 Å². The van der Waals surface area contributed by atoms with E-state index in [1.165, 1.54) is 0 Å². The van der Waals surface area contributed by atoms with Crippen LogP contribution in [-0.2, 0) is 26.2 Å². The van der Waals surface area contributed by atoms with E-state index in [0.717, 1.165) is 44.7 Å². The molecule has 2 saturated heterocycles. The third-order valence-corrected chi connectivity index (χ3v) is 11.6. The summed E-state index contributed by atoms with van der Waals surface area (Å²) < 4.78 is 0. The van der Waals surface area contributed by atoms with Gasteiger partial charge in [0.2, 0.25) is 17.7 Å². The number of carbonyl (C=O) groups excluding carboxylic acids is 6. The van der Waals surface area contributed by atoms with Crippen LogP contribution in [0.2, 0.25) is 0 Å². The lowest BCUT2D eigenvalue weighted by Crippen LogP contribution is -2.54. The van der Waals surface area contributed by atoms with E-state index in [2.05, 4.69) is 52.2 Å². The molecule has 4 aromatic rings. The van der Waals surface area contributed by atoms with Gasteiger partial charge in [-0.15, -0.1) is 0 Å². The maximum Gasteiger partial charge on any atom is 0.264 e. The summed E-state index contributed by atoms with van der Waals surface area (Å²) in [5.41, 5.74) is 7.03. The zero-order valence-electron chi connectivity index (χ0n) is 31.0. The summed E-state index contributed by atoms with van der Waals surface area (Å²) in [4.78, 5) is 90.2. The van der Waals surface area contributed by atoms with Gasteiger partial charge >= 0.3 is 0 Å². The fourth-order valence-corrected chi connectivity index (χ4v) is 8.62. The van der Waals surface area contributed by atoms with Gasteiger partial charge in [-0.25, -0.2) is 4.85 Å². The smallest absolute Gasteiger partial charge is 0.264 e. The largest absolute Gasteiger partial charge is 0.384 e. The summed E-state index contributed by atoms with van der Waals surface area (Å²) in [5.74, 6) is -2.20. The summed E-state index contributed by atoms with van der Waals surface area (Å²) in [6.45, 7) is 16.6. The number of aromatic amines is 1. The number of ketones is 1. The van der Waals surface area contributed by atoms with Gasteiger partial charge in [0.25, 0.3) is 11.8 Å². The standard InChI is InChI=1S/C42H41N7O6/c1-5-23-20-27-28(42(2,3)38-36(37(27)52)25-12-11-24(43-4)21-30(25)45-38)22-32(23)47-16-18-48(19-17-47)34(51)10-7-15-44-29-9-6-8-26-35(29)41(55)49(40(26)54)31-13-14-33(50)46-39(31)53/h6,8-9,11-12,20-22,31,44-45H,5,7,10,13-19H2,1-3H3,(H,46,50,53). The Balaban J connectivity index is 0.900. The number of hydrogen-bond donors (Lipinski definition) is 3. The zero-order chi connectivity index (χ0) is 38.8.